The first kappa shape index (κ1) is 15.2. The van der Waals surface area contributed by atoms with E-state index in [9.17, 15) is 10.1 Å². The third kappa shape index (κ3) is 2.46. The van der Waals surface area contributed by atoms with Crippen LogP contribution >= 0.6 is 0 Å². The minimum atomic E-state index is -0.421. The van der Waals surface area contributed by atoms with Gasteiger partial charge in [-0.3, -0.25) is 9.69 Å². The fourth-order valence-corrected chi connectivity index (χ4v) is 3.86. The minimum absolute atomic E-state index is 0.155. The highest BCUT2D eigenvalue weighted by Gasteiger charge is 2.54. The van der Waals surface area contributed by atoms with Gasteiger partial charge in [-0.05, 0) is 43.4 Å². The maximum atomic E-state index is 13.1. The Morgan fingerprint density at radius 1 is 1.12 bits per heavy atom. The van der Waals surface area contributed by atoms with Crippen molar-refractivity contribution >= 4 is 5.91 Å². The number of nitriles is 2. The van der Waals surface area contributed by atoms with Gasteiger partial charge in [-0.25, -0.2) is 0 Å². The van der Waals surface area contributed by atoms with Gasteiger partial charge < -0.3 is 4.90 Å². The Morgan fingerprint density at radius 3 is 2.38 bits per heavy atom. The molecule has 2 aliphatic carbocycles. The van der Waals surface area contributed by atoms with Crippen LogP contribution < -0.4 is 0 Å². The lowest BCUT2D eigenvalue weighted by Crippen LogP contribution is -2.56. The average Bonchev–Trinajstić information content (AvgIpc) is 3.54. The maximum Gasteiger partial charge on any atom is 0.233 e. The van der Waals surface area contributed by atoms with Crippen LogP contribution in [-0.4, -0.2) is 47.4 Å². The van der Waals surface area contributed by atoms with Crippen molar-refractivity contribution in [2.75, 3.05) is 19.6 Å². The second-order valence-electron chi connectivity index (χ2n) is 7.14. The van der Waals surface area contributed by atoms with Gasteiger partial charge in [0.1, 0.15) is 6.04 Å². The molecule has 1 saturated heterocycles. The number of rotatable bonds is 3. The molecule has 2 saturated carbocycles. The third-order valence-corrected chi connectivity index (χ3v) is 5.60. The summed E-state index contributed by atoms with van der Waals surface area (Å²) in [5.74, 6) is 0.155. The second kappa shape index (κ2) is 5.61. The molecule has 1 heterocycles. The van der Waals surface area contributed by atoms with Gasteiger partial charge in [-0.2, -0.15) is 10.5 Å². The molecule has 122 valence electrons. The highest BCUT2D eigenvalue weighted by Crippen LogP contribution is 2.50. The van der Waals surface area contributed by atoms with Crippen molar-refractivity contribution in [2.24, 2.45) is 0 Å². The Labute approximate surface area is 142 Å². The molecule has 5 heteroatoms. The van der Waals surface area contributed by atoms with Gasteiger partial charge in [0, 0.05) is 25.7 Å². The van der Waals surface area contributed by atoms with E-state index in [0.29, 0.717) is 24.7 Å². The summed E-state index contributed by atoms with van der Waals surface area (Å²) in [6, 6.07) is 12.3. The van der Waals surface area contributed by atoms with E-state index in [1.165, 1.54) is 12.8 Å². The lowest BCUT2D eigenvalue weighted by Gasteiger charge is -2.40. The zero-order chi connectivity index (χ0) is 16.7. The Morgan fingerprint density at radius 2 is 1.83 bits per heavy atom. The smallest absolute Gasteiger partial charge is 0.233 e. The predicted octanol–water partition coefficient (Wildman–Crippen LogP) is 1.79. The number of nitrogens with zero attached hydrogens (tertiary/aromatic N) is 4. The summed E-state index contributed by atoms with van der Waals surface area (Å²) in [6.45, 7) is 2.04. The van der Waals surface area contributed by atoms with Crippen molar-refractivity contribution in [3.05, 3.63) is 35.4 Å². The predicted molar refractivity (Wildman–Crippen MR) is 87.8 cm³/mol. The van der Waals surface area contributed by atoms with Gasteiger partial charge in [-0.1, -0.05) is 12.1 Å². The molecular formula is C19H20N4O. The van der Waals surface area contributed by atoms with Crippen molar-refractivity contribution < 1.29 is 4.79 Å². The lowest BCUT2D eigenvalue weighted by atomic mass is 9.93. The monoisotopic (exact) mass is 320 g/mol. The molecule has 1 atom stereocenters. The van der Waals surface area contributed by atoms with Gasteiger partial charge in [0.2, 0.25) is 5.91 Å². The summed E-state index contributed by atoms with van der Waals surface area (Å²) in [4.78, 5) is 17.3. The Bertz CT molecular complexity index is 734. The summed E-state index contributed by atoms with van der Waals surface area (Å²) in [5, 5.41) is 18.4. The van der Waals surface area contributed by atoms with Crippen LogP contribution in [0.3, 0.4) is 0 Å². The van der Waals surface area contributed by atoms with Crippen LogP contribution in [0.5, 0.6) is 0 Å². The summed E-state index contributed by atoms with van der Waals surface area (Å²) >= 11 is 0. The molecule has 3 fully saturated rings. The molecule has 0 N–H and O–H groups in total. The van der Waals surface area contributed by atoms with E-state index in [2.05, 4.69) is 17.0 Å². The van der Waals surface area contributed by atoms with E-state index in [-0.39, 0.29) is 11.9 Å². The molecule has 3 aliphatic rings. The standard InChI is InChI=1S/C19H20N4O/c20-11-14-1-3-15(4-2-14)19(7-8-19)18(24)22-9-10-23(16-5-6-16)17(12-21)13-22/h1-4,16-17H,5-10,13H2. The van der Waals surface area contributed by atoms with E-state index < -0.39 is 5.41 Å². The van der Waals surface area contributed by atoms with E-state index >= 15 is 0 Å². The molecule has 0 aromatic heterocycles. The molecule has 24 heavy (non-hydrogen) atoms. The molecule has 0 bridgehead atoms. The molecule has 1 aliphatic heterocycles. The average molecular weight is 320 g/mol. The van der Waals surface area contributed by atoms with Gasteiger partial charge in [0.25, 0.3) is 0 Å². The fraction of sp³-hybridized carbons (Fsp3) is 0.526. The van der Waals surface area contributed by atoms with Crippen molar-refractivity contribution in [3.63, 3.8) is 0 Å². The first-order valence-corrected chi connectivity index (χ1v) is 8.63. The topological polar surface area (TPSA) is 71.1 Å². The van der Waals surface area contributed by atoms with Gasteiger partial charge >= 0.3 is 0 Å². The first-order valence-electron chi connectivity index (χ1n) is 8.63. The van der Waals surface area contributed by atoms with E-state index in [0.717, 1.165) is 24.9 Å². The second-order valence-corrected chi connectivity index (χ2v) is 7.14. The number of hydrogen-bond donors (Lipinski definition) is 0. The zero-order valence-electron chi connectivity index (χ0n) is 13.6. The van der Waals surface area contributed by atoms with Gasteiger partial charge in [0.05, 0.1) is 23.1 Å². The number of benzene rings is 1. The maximum absolute atomic E-state index is 13.1. The summed E-state index contributed by atoms with van der Waals surface area (Å²) in [5.41, 5.74) is 1.20. The van der Waals surface area contributed by atoms with Crippen molar-refractivity contribution in [1.29, 1.82) is 10.5 Å². The number of hydrogen-bond acceptors (Lipinski definition) is 4. The Balaban J connectivity index is 1.51. The van der Waals surface area contributed by atoms with E-state index in [1.54, 1.807) is 12.1 Å². The van der Waals surface area contributed by atoms with Crippen LogP contribution in [0, 0.1) is 22.7 Å². The van der Waals surface area contributed by atoms with Crippen molar-refractivity contribution in [2.45, 2.75) is 43.2 Å². The highest BCUT2D eigenvalue weighted by molar-refractivity contribution is 5.91. The number of carbonyl (C=O) groups is 1. The quantitative estimate of drug-likeness (QED) is 0.851. The normalized spacial score (nSPS) is 25.6. The Hall–Kier alpha value is -2.37. The number of piperazine rings is 1. The lowest BCUT2D eigenvalue weighted by molar-refractivity contribution is -0.136. The zero-order valence-corrected chi connectivity index (χ0v) is 13.6. The number of carbonyl (C=O) groups excluding carboxylic acids is 1. The summed E-state index contributed by atoms with van der Waals surface area (Å²) in [7, 11) is 0. The molecule has 1 aromatic rings. The van der Waals surface area contributed by atoms with E-state index in [1.807, 2.05) is 17.0 Å². The molecule has 0 spiro atoms. The van der Waals surface area contributed by atoms with Crippen molar-refractivity contribution in [1.82, 2.24) is 9.80 Å². The van der Waals surface area contributed by atoms with Gasteiger partial charge in [-0.15, -0.1) is 0 Å². The molecule has 1 amide bonds. The molecule has 4 rings (SSSR count). The highest BCUT2D eigenvalue weighted by atomic mass is 16.2. The molecule has 1 unspecified atom stereocenters. The summed E-state index contributed by atoms with van der Waals surface area (Å²) in [6.07, 6.45) is 4.08. The summed E-state index contributed by atoms with van der Waals surface area (Å²) < 4.78 is 0. The van der Waals surface area contributed by atoms with Crippen LogP contribution in [0.4, 0.5) is 0 Å². The SMILES string of the molecule is N#Cc1ccc(C2(C(=O)N3CCN(C4CC4)C(C#N)C3)CC2)cc1. The minimum Gasteiger partial charge on any atom is -0.338 e. The molecule has 1 aromatic carbocycles. The molecular weight excluding hydrogens is 300 g/mol. The largest absolute Gasteiger partial charge is 0.338 e. The Kier molecular flexibility index (Phi) is 3.55. The van der Waals surface area contributed by atoms with Crippen LogP contribution in [0.1, 0.15) is 36.8 Å². The first-order chi connectivity index (χ1) is 11.7. The fourth-order valence-electron chi connectivity index (χ4n) is 3.86. The van der Waals surface area contributed by atoms with Gasteiger partial charge in [0.15, 0.2) is 0 Å². The van der Waals surface area contributed by atoms with Crippen LogP contribution in [-0.2, 0) is 10.2 Å². The van der Waals surface area contributed by atoms with E-state index in [4.69, 9.17) is 5.26 Å². The third-order valence-electron chi connectivity index (χ3n) is 5.60. The number of amides is 1. The van der Waals surface area contributed by atoms with Crippen LogP contribution in [0.2, 0.25) is 0 Å². The molecule has 0 radical (unpaired) electrons. The molecule has 5 nitrogen and oxygen atoms in total. The van der Waals surface area contributed by atoms with Crippen LogP contribution in [0.15, 0.2) is 24.3 Å². The van der Waals surface area contributed by atoms with Crippen LogP contribution in [0.25, 0.3) is 0 Å². The van der Waals surface area contributed by atoms with Crippen molar-refractivity contribution in [3.8, 4) is 12.1 Å².